The highest BCUT2D eigenvalue weighted by Gasteiger charge is 2.17. The molecule has 0 fully saturated rings. The van der Waals surface area contributed by atoms with E-state index in [1.807, 2.05) is 42.6 Å². The normalized spacial score (nSPS) is 13.0. The molecule has 4 rings (SSSR count). The van der Waals surface area contributed by atoms with Gasteiger partial charge in [0.2, 0.25) is 5.91 Å². The summed E-state index contributed by atoms with van der Waals surface area (Å²) in [5, 5.41) is 12.9. The number of carbonyl (C=O) groups is 1. The second kappa shape index (κ2) is 8.24. The van der Waals surface area contributed by atoms with Gasteiger partial charge in [-0.15, -0.1) is 0 Å². The highest BCUT2D eigenvalue weighted by Crippen LogP contribution is 2.30. The Morgan fingerprint density at radius 3 is 2.97 bits per heavy atom. The van der Waals surface area contributed by atoms with Gasteiger partial charge < -0.3 is 14.8 Å². The van der Waals surface area contributed by atoms with Crippen LogP contribution in [0.15, 0.2) is 54.7 Å². The third kappa shape index (κ3) is 3.88. The van der Waals surface area contributed by atoms with Gasteiger partial charge in [-0.25, -0.2) is 0 Å². The lowest BCUT2D eigenvalue weighted by molar-refractivity contribution is -0.111. The van der Waals surface area contributed by atoms with E-state index >= 15 is 0 Å². The lowest BCUT2D eigenvalue weighted by Crippen LogP contribution is -2.19. The van der Waals surface area contributed by atoms with Crippen LogP contribution in [0.5, 0.6) is 0 Å². The Morgan fingerprint density at radius 2 is 2.14 bits per heavy atom. The van der Waals surface area contributed by atoms with E-state index in [1.165, 1.54) is 11.3 Å². The number of carbonyl (C=O) groups excluding carboxylic acids is 1. The summed E-state index contributed by atoms with van der Waals surface area (Å²) in [6.07, 6.45) is 6.93. The van der Waals surface area contributed by atoms with E-state index in [2.05, 4.69) is 39.9 Å². The van der Waals surface area contributed by atoms with E-state index in [-0.39, 0.29) is 5.91 Å². The van der Waals surface area contributed by atoms with Gasteiger partial charge in [-0.3, -0.25) is 4.79 Å². The number of fused-ring (bicyclic) bond motifs is 2. The average molecular weight is 384 g/mol. The number of aryl methyl sites for hydroxylation is 1. The molecule has 1 aliphatic rings. The van der Waals surface area contributed by atoms with Crippen molar-refractivity contribution in [3.05, 3.63) is 65.9 Å². The molecule has 1 aromatic heterocycles. The van der Waals surface area contributed by atoms with Crippen LogP contribution in [0.1, 0.15) is 24.5 Å². The molecule has 3 aromatic rings. The number of aromatic nitrogens is 1. The molecular formula is C24H24N4O. The maximum absolute atomic E-state index is 12.5. The molecule has 1 aliphatic heterocycles. The molecule has 0 spiro atoms. The third-order valence-electron chi connectivity index (χ3n) is 5.42. The highest BCUT2D eigenvalue weighted by molar-refractivity contribution is 6.03. The van der Waals surface area contributed by atoms with Gasteiger partial charge in [0.15, 0.2) is 0 Å². The summed E-state index contributed by atoms with van der Waals surface area (Å²) in [5.41, 5.74) is 5.41. The van der Waals surface area contributed by atoms with Crippen LogP contribution in [-0.2, 0) is 17.8 Å². The quantitative estimate of drug-likeness (QED) is 0.632. The predicted octanol–water partition coefficient (Wildman–Crippen LogP) is 4.59. The van der Waals surface area contributed by atoms with Gasteiger partial charge in [-0.1, -0.05) is 24.3 Å². The van der Waals surface area contributed by atoms with Crippen LogP contribution in [0.4, 0.5) is 11.4 Å². The molecule has 146 valence electrons. The SMILES string of the molecule is CCN1CCc2ccc(NC(=O)/C=C/c3cn(CCC#N)c4ccccc34)cc21. The Morgan fingerprint density at radius 1 is 1.28 bits per heavy atom. The van der Waals surface area contributed by atoms with Crippen molar-refractivity contribution in [1.29, 1.82) is 5.26 Å². The first-order chi connectivity index (χ1) is 14.2. The largest absolute Gasteiger partial charge is 0.371 e. The number of amides is 1. The molecule has 5 heteroatoms. The summed E-state index contributed by atoms with van der Waals surface area (Å²) < 4.78 is 2.07. The Labute approximate surface area is 170 Å². The van der Waals surface area contributed by atoms with E-state index in [0.717, 1.165) is 41.7 Å². The van der Waals surface area contributed by atoms with E-state index in [1.54, 1.807) is 6.08 Å². The fourth-order valence-corrected chi connectivity index (χ4v) is 3.96. The molecule has 0 radical (unpaired) electrons. The van der Waals surface area contributed by atoms with Crippen molar-refractivity contribution >= 4 is 34.3 Å². The second-order valence-corrected chi connectivity index (χ2v) is 7.20. The standard InChI is InChI=1S/C24H24N4O/c1-2-27-15-12-18-8-10-20(16-23(18)27)26-24(29)11-9-19-17-28(14-5-13-25)22-7-4-3-6-21(19)22/h3-4,6-11,16-17H,2,5,12,14-15H2,1H3,(H,26,29)/b11-9+. The molecule has 2 heterocycles. The minimum absolute atomic E-state index is 0.153. The van der Waals surface area contributed by atoms with E-state index < -0.39 is 0 Å². The van der Waals surface area contributed by atoms with Gasteiger partial charge in [0.1, 0.15) is 0 Å². The molecule has 0 aliphatic carbocycles. The number of nitrogens with zero attached hydrogens (tertiary/aromatic N) is 3. The number of likely N-dealkylation sites (N-methyl/N-ethyl adjacent to an activating group) is 1. The van der Waals surface area contributed by atoms with Gasteiger partial charge in [-0.05, 0) is 43.2 Å². The first kappa shape index (κ1) is 18.8. The minimum atomic E-state index is -0.153. The van der Waals surface area contributed by atoms with Crippen LogP contribution in [0.2, 0.25) is 0 Å². The molecule has 2 aromatic carbocycles. The van der Waals surface area contributed by atoms with Gasteiger partial charge >= 0.3 is 0 Å². The number of nitriles is 1. The molecular weight excluding hydrogens is 360 g/mol. The predicted molar refractivity (Wildman–Crippen MR) is 118 cm³/mol. The smallest absolute Gasteiger partial charge is 0.248 e. The van der Waals surface area contributed by atoms with Crippen molar-refractivity contribution < 1.29 is 4.79 Å². The van der Waals surface area contributed by atoms with Gasteiger partial charge in [0.05, 0.1) is 12.5 Å². The van der Waals surface area contributed by atoms with E-state index in [0.29, 0.717) is 13.0 Å². The van der Waals surface area contributed by atoms with Crippen molar-refractivity contribution in [3.63, 3.8) is 0 Å². The van der Waals surface area contributed by atoms with Gasteiger partial charge in [0.25, 0.3) is 0 Å². The summed E-state index contributed by atoms with van der Waals surface area (Å²) in [5.74, 6) is -0.153. The maximum Gasteiger partial charge on any atom is 0.248 e. The number of anilines is 2. The number of nitrogens with one attached hydrogen (secondary N) is 1. The number of hydrogen-bond acceptors (Lipinski definition) is 3. The van der Waals surface area contributed by atoms with Crippen LogP contribution in [0.3, 0.4) is 0 Å². The van der Waals surface area contributed by atoms with Crippen LogP contribution in [0, 0.1) is 11.3 Å². The van der Waals surface area contributed by atoms with Crippen LogP contribution >= 0.6 is 0 Å². The molecule has 0 unspecified atom stereocenters. The first-order valence-corrected chi connectivity index (χ1v) is 10.0. The monoisotopic (exact) mass is 384 g/mol. The summed E-state index contributed by atoms with van der Waals surface area (Å²) in [6, 6.07) is 16.4. The third-order valence-corrected chi connectivity index (χ3v) is 5.42. The molecule has 1 amide bonds. The average Bonchev–Trinajstić information content (AvgIpc) is 3.31. The summed E-state index contributed by atoms with van der Waals surface area (Å²) >= 11 is 0. The van der Waals surface area contributed by atoms with Crippen LogP contribution in [0.25, 0.3) is 17.0 Å². The number of hydrogen-bond donors (Lipinski definition) is 1. The van der Waals surface area contributed by atoms with Crippen LogP contribution < -0.4 is 10.2 Å². The molecule has 5 nitrogen and oxygen atoms in total. The molecule has 0 atom stereocenters. The zero-order valence-electron chi connectivity index (χ0n) is 16.6. The van der Waals surface area contributed by atoms with Crippen molar-refractivity contribution in [2.24, 2.45) is 0 Å². The van der Waals surface area contributed by atoms with Gasteiger partial charge in [-0.2, -0.15) is 5.26 Å². The molecule has 29 heavy (non-hydrogen) atoms. The minimum Gasteiger partial charge on any atom is -0.371 e. The van der Waals surface area contributed by atoms with Crippen molar-refractivity contribution in [1.82, 2.24) is 4.57 Å². The fourth-order valence-electron chi connectivity index (χ4n) is 3.96. The summed E-state index contributed by atoms with van der Waals surface area (Å²) in [4.78, 5) is 14.8. The number of benzene rings is 2. The second-order valence-electron chi connectivity index (χ2n) is 7.20. The highest BCUT2D eigenvalue weighted by atomic mass is 16.1. The first-order valence-electron chi connectivity index (χ1n) is 10.0. The number of para-hydroxylation sites is 1. The van der Waals surface area contributed by atoms with Crippen molar-refractivity contribution in [2.45, 2.75) is 26.3 Å². The Bertz CT molecular complexity index is 1120. The summed E-state index contributed by atoms with van der Waals surface area (Å²) in [7, 11) is 0. The zero-order valence-corrected chi connectivity index (χ0v) is 16.6. The summed E-state index contributed by atoms with van der Waals surface area (Å²) in [6.45, 7) is 4.80. The zero-order chi connectivity index (χ0) is 20.2. The Hall–Kier alpha value is -3.52. The molecule has 0 saturated heterocycles. The molecule has 1 N–H and O–H groups in total. The fraction of sp³-hybridized carbons (Fsp3) is 0.250. The van der Waals surface area contributed by atoms with Crippen LogP contribution in [-0.4, -0.2) is 23.6 Å². The Kier molecular flexibility index (Phi) is 5.35. The lowest BCUT2D eigenvalue weighted by Gasteiger charge is -2.17. The molecule has 0 saturated carbocycles. The Balaban J connectivity index is 1.51. The topological polar surface area (TPSA) is 61.1 Å². The molecule has 0 bridgehead atoms. The van der Waals surface area contributed by atoms with Crippen molar-refractivity contribution in [3.8, 4) is 6.07 Å². The van der Waals surface area contributed by atoms with Crippen molar-refractivity contribution in [2.75, 3.05) is 23.3 Å². The number of rotatable bonds is 6. The van der Waals surface area contributed by atoms with E-state index in [4.69, 9.17) is 5.26 Å². The maximum atomic E-state index is 12.5. The van der Waals surface area contributed by atoms with Gasteiger partial charge in [0, 0.05) is 59.7 Å². The lowest BCUT2D eigenvalue weighted by atomic mass is 10.1. The van der Waals surface area contributed by atoms with E-state index in [9.17, 15) is 4.79 Å².